The van der Waals surface area contributed by atoms with E-state index < -0.39 is 5.82 Å². The van der Waals surface area contributed by atoms with E-state index in [0.29, 0.717) is 5.69 Å². The lowest BCUT2D eigenvalue weighted by molar-refractivity contribution is 0.599. The summed E-state index contributed by atoms with van der Waals surface area (Å²) in [5.41, 5.74) is 5.98. The summed E-state index contributed by atoms with van der Waals surface area (Å²) < 4.78 is 13.8. The molecule has 0 unspecified atom stereocenters. The molecule has 0 bridgehead atoms. The second kappa shape index (κ2) is 5.22. The molecule has 0 fully saturated rings. The SMILES string of the molecule is CC(C)(Nc1ccc(C(N)=S)c(F)c1)c1nccs1. The van der Waals surface area contributed by atoms with Crippen molar-refractivity contribution in [1.29, 1.82) is 0 Å². The van der Waals surface area contributed by atoms with E-state index in [9.17, 15) is 4.39 Å². The van der Waals surface area contributed by atoms with Crippen molar-refractivity contribution in [3.8, 4) is 0 Å². The lowest BCUT2D eigenvalue weighted by Crippen LogP contribution is -2.27. The van der Waals surface area contributed by atoms with Crippen LogP contribution in [0.2, 0.25) is 0 Å². The van der Waals surface area contributed by atoms with E-state index in [2.05, 4.69) is 10.3 Å². The van der Waals surface area contributed by atoms with E-state index in [1.165, 1.54) is 6.07 Å². The smallest absolute Gasteiger partial charge is 0.135 e. The highest BCUT2D eigenvalue weighted by molar-refractivity contribution is 7.80. The van der Waals surface area contributed by atoms with E-state index in [0.717, 1.165) is 5.01 Å². The molecule has 0 aliphatic heterocycles. The molecule has 0 saturated carbocycles. The minimum Gasteiger partial charge on any atom is -0.389 e. The van der Waals surface area contributed by atoms with Gasteiger partial charge in [0.1, 0.15) is 15.8 Å². The zero-order chi connectivity index (χ0) is 14.0. The van der Waals surface area contributed by atoms with E-state index in [4.69, 9.17) is 18.0 Å². The molecule has 100 valence electrons. The van der Waals surface area contributed by atoms with Gasteiger partial charge in [0.25, 0.3) is 0 Å². The van der Waals surface area contributed by atoms with Gasteiger partial charge in [-0.05, 0) is 32.0 Å². The standard InChI is InChI=1S/C13H14FN3S2/c1-13(2,12-16-5-6-19-12)17-8-3-4-9(11(15)18)10(14)7-8/h3-7,17H,1-2H3,(H2,15,18). The highest BCUT2D eigenvalue weighted by atomic mass is 32.1. The summed E-state index contributed by atoms with van der Waals surface area (Å²) in [5, 5.41) is 6.10. The normalized spacial score (nSPS) is 11.3. The van der Waals surface area contributed by atoms with Crippen LogP contribution < -0.4 is 11.1 Å². The number of nitrogens with zero attached hydrogens (tertiary/aromatic N) is 1. The lowest BCUT2D eigenvalue weighted by atomic mass is 10.1. The molecule has 3 nitrogen and oxygen atoms in total. The monoisotopic (exact) mass is 295 g/mol. The maximum atomic E-state index is 13.8. The summed E-state index contributed by atoms with van der Waals surface area (Å²) >= 11 is 6.33. The fourth-order valence-electron chi connectivity index (χ4n) is 1.74. The number of halogens is 1. The maximum absolute atomic E-state index is 13.8. The average Bonchev–Trinajstić information content (AvgIpc) is 2.81. The van der Waals surface area contributed by atoms with Crippen molar-refractivity contribution in [3.05, 3.63) is 46.2 Å². The minimum atomic E-state index is -0.424. The summed E-state index contributed by atoms with van der Waals surface area (Å²) in [4.78, 5) is 4.33. The molecule has 3 N–H and O–H groups in total. The molecule has 1 aromatic heterocycles. The van der Waals surface area contributed by atoms with Crippen LogP contribution in [0.15, 0.2) is 29.8 Å². The largest absolute Gasteiger partial charge is 0.389 e. The van der Waals surface area contributed by atoms with Crippen LogP contribution in [0.5, 0.6) is 0 Å². The van der Waals surface area contributed by atoms with Crippen molar-refractivity contribution in [2.24, 2.45) is 5.73 Å². The van der Waals surface area contributed by atoms with E-state index in [1.54, 1.807) is 29.7 Å². The second-order valence-corrected chi connectivity index (χ2v) is 5.98. The van der Waals surface area contributed by atoms with Crippen molar-refractivity contribution in [2.75, 3.05) is 5.32 Å². The van der Waals surface area contributed by atoms with Crippen LogP contribution in [-0.4, -0.2) is 9.97 Å². The van der Waals surface area contributed by atoms with Crippen LogP contribution in [-0.2, 0) is 5.54 Å². The average molecular weight is 295 g/mol. The molecule has 0 atom stereocenters. The maximum Gasteiger partial charge on any atom is 0.135 e. The molecular weight excluding hydrogens is 281 g/mol. The van der Waals surface area contributed by atoms with E-state index in [1.807, 2.05) is 19.2 Å². The van der Waals surface area contributed by atoms with Crippen molar-refractivity contribution in [2.45, 2.75) is 19.4 Å². The van der Waals surface area contributed by atoms with E-state index in [-0.39, 0.29) is 16.1 Å². The third-order valence-electron chi connectivity index (χ3n) is 2.66. The molecule has 0 aliphatic rings. The van der Waals surface area contributed by atoms with Crippen LogP contribution in [0, 0.1) is 5.82 Å². The van der Waals surface area contributed by atoms with Gasteiger partial charge in [0.05, 0.1) is 5.54 Å². The molecule has 1 aromatic carbocycles. The second-order valence-electron chi connectivity index (χ2n) is 4.65. The van der Waals surface area contributed by atoms with Gasteiger partial charge in [0, 0.05) is 22.8 Å². The van der Waals surface area contributed by atoms with Crippen LogP contribution >= 0.6 is 23.6 Å². The Morgan fingerprint density at radius 2 is 2.21 bits per heavy atom. The van der Waals surface area contributed by atoms with Gasteiger partial charge in [-0.2, -0.15) is 0 Å². The number of hydrogen-bond donors (Lipinski definition) is 2. The number of rotatable bonds is 4. The van der Waals surface area contributed by atoms with Crippen molar-refractivity contribution >= 4 is 34.2 Å². The molecule has 2 aromatic rings. The van der Waals surface area contributed by atoms with Gasteiger partial charge in [-0.3, -0.25) is 0 Å². The van der Waals surface area contributed by atoms with E-state index >= 15 is 0 Å². The first-order valence-electron chi connectivity index (χ1n) is 5.67. The zero-order valence-corrected chi connectivity index (χ0v) is 12.2. The molecule has 0 radical (unpaired) electrons. The molecular formula is C13H14FN3S2. The zero-order valence-electron chi connectivity index (χ0n) is 10.6. The van der Waals surface area contributed by atoms with Gasteiger partial charge in [-0.15, -0.1) is 11.3 Å². The summed E-state index contributed by atoms with van der Waals surface area (Å²) in [5.74, 6) is -0.424. The van der Waals surface area contributed by atoms with Gasteiger partial charge < -0.3 is 11.1 Å². The molecule has 6 heteroatoms. The number of hydrogen-bond acceptors (Lipinski definition) is 4. The molecule has 0 amide bonds. The van der Waals surface area contributed by atoms with Gasteiger partial charge in [0.2, 0.25) is 0 Å². The number of benzene rings is 1. The Morgan fingerprint density at radius 3 is 2.74 bits per heavy atom. The molecule has 0 aliphatic carbocycles. The van der Waals surface area contributed by atoms with Gasteiger partial charge >= 0.3 is 0 Å². The molecule has 2 rings (SSSR count). The van der Waals surface area contributed by atoms with Crippen LogP contribution in [0.4, 0.5) is 10.1 Å². The molecule has 0 saturated heterocycles. The molecule has 1 heterocycles. The number of nitrogens with two attached hydrogens (primary N) is 1. The van der Waals surface area contributed by atoms with Gasteiger partial charge in [0.15, 0.2) is 0 Å². The van der Waals surface area contributed by atoms with Crippen molar-refractivity contribution in [3.63, 3.8) is 0 Å². The Labute approximate surface area is 120 Å². The topological polar surface area (TPSA) is 50.9 Å². The van der Waals surface area contributed by atoms with Crippen molar-refractivity contribution < 1.29 is 4.39 Å². The predicted octanol–water partition coefficient (Wildman–Crippen LogP) is 3.26. The predicted molar refractivity (Wildman–Crippen MR) is 81.1 cm³/mol. The Kier molecular flexibility index (Phi) is 3.82. The summed E-state index contributed by atoms with van der Waals surface area (Å²) in [7, 11) is 0. The fraction of sp³-hybridized carbons (Fsp3) is 0.231. The first-order valence-corrected chi connectivity index (χ1v) is 6.96. The highest BCUT2D eigenvalue weighted by Crippen LogP contribution is 2.27. The van der Waals surface area contributed by atoms with Crippen LogP contribution in [0.3, 0.4) is 0 Å². The first-order chi connectivity index (χ1) is 8.90. The van der Waals surface area contributed by atoms with Crippen molar-refractivity contribution in [1.82, 2.24) is 4.98 Å². The third-order valence-corrected chi connectivity index (χ3v) is 3.98. The summed E-state index contributed by atoms with van der Waals surface area (Å²) in [6.07, 6.45) is 1.75. The first kappa shape index (κ1) is 13.9. The fourth-order valence-corrected chi connectivity index (χ4v) is 2.62. The number of thiazole rings is 1. The van der Waals surface area contributed by atoms with Gasteiger partial charge in [-0.25, -0.2) is 9.37 Å². The quantitative estimate of drug-likeness (QED) is 0.850. The number of aromatic nitrogens is 1. The molecule has 0 spiro atoms. The summed E-state index contributed by atoms with van der Waals surface area (Å²) in [6, 6.07) is 4.73. The third kappa shape index (κ3) is 3.08. The Hall–Kier alpha value is -1.53. The van der Waals surface area contributed by atoms with Crippen LogP contribution in [0.25, 0.3) is 0 Å². The number of nitrogens with one attached hydrogen (secondary N) is 1. The van der Waals surface area contributed by atoms with Crippen LogP contribution in [0.1, 0.15) is 24.4 Å². The summed E-state index contributed by atoms with van der Waals surface area (Å²) in [6.45, 7) is 3.98. The Balaban J connectivity index is 2.25. The highest BCUT2D eigenvalue weighted by Gasteiger charge is 2.23. The minimum absolute atomic E-state index is 0.0585. The number of thiocarbonyl (C=S) groups is 1. The lowest BCUT2D eigenvalue weighted by Gasteiger charge is -2.25. The Bertz CT molecular complexity index is 594. The molecule has 19 heavy (non-hydrogen) atoms. The number of anilines is 1. The Morgan fingerprint density at radius 1 is 1.47 bits per heavy atom. The van der Waals surface area contributed by atoms with Gasteiger partial charge in [-0.1, -0.05) is 12.2 Å².